The average molecular weight is 454 g/mol. The molecule has 0 unspecified atom stereocenters. The van der Waals surface area contributed by atoms with Crippen molar-refractivity contribution in [1.82, 2.24) is 4.57 Å². The molecular weight excluding hydrogens is 426 g/mol. The van der Waals surface area contributed by atoms with Crippen molar-refractivity contribution in [3.05, 3.63) is 103 Å². The number of carbonyl (C=O) groups excluding carboxylic acids is 1. The molecule has 0 atom stereocenters. The molecule has 172 valence electrons. The summed E-state index contributed by atoms with van der Waals surface area (Å²) in [6.07, 6.45) is 5.35. The number of benzene rings is 3. The molecule has 1 aromatic heterocycles. The van der Waals surface area contributed by atoms with Crippen LogP contribution in [0.5, 0.6) is 11.5 Å². The average Bonchev–Trinajstić information content (AvgIpc) is 3.41. The van der Waals surface area contributed by atoms with E-state index in [0.29, 0.717) is 17.0 Å². The molecule has 3 aromatic carbocycles. The summed E-state index contributed by atoms with van der Waals surface area (Å²) in [5.41, 5.74) is 3.45. The van der Waals surface area contributed by atoms with Crippen molar-refractivity contribution in [2.24, 2.45) is 0 Å². The molecule has 0 saturated carbocycles. The number of amides is 1. The number of aliphatic hydroxyl groups excluding tert-OH is 1. The van der Waals surface area contributed by atoms with Gasteiger partial charge in [-0.3, -0.25) is 4.79 Å². The molecule has 1 saturated heterocycles. The maximum Gasteiger partial charge on any atom is 0.255 e. The van der Waals surface area contributed by atoms with Crippen molar-refractivity contribution < 1.29 is 14.6 Å². The Bertz CT molecular complexity index is 1210. The highest BCUT2D eigenvalue weighted by Crippen LogP contribution is 2.25. The van der Waals surface area contributed by atoms with E-state index in [9.17, 15) is 9.90 Å². The molecule has 2 heterocycles. The first-order chi connectivity index (χ1) is 16.6. The lowest BCUT2D eigenvalue weighted by Gasteiger charge is -2.31. The number of nitrogens with one attached hydrogen (secondary N) is 1. The van der Waals surface area contributed by atoms with Gasteiger partial charge < -0.3 is 24.6 Å². The van der Waals surface area contributed by atoms with E-state index in [1.807, 2.05) is 102 Å². The number of ether oxygens (including phenoxy) is 1. The van der Waals surface area contributed by atoms with E-state index in [-0.39, 0.29) is 12.0 Å². The lowest BCUT2D eigenvalue weighted by molar-refractivity contribution is 0.102. The van der Waals surface area contributed by atoms with Crippen LogP contribution in [-0.2, 0) is 0 Å². The first kappa shape index (κ1) is 21.8. The molecule has 1 aliphatic heterocycles. The van der Waals surface area contributed by atoms with Crippen LogP contribution in [0.4, 0.5) is 11.4 Å². The first-order valence-electron chi connectivity index (χ1n) is 11.5. The molecule has 1 amide bonds. The minimum absolute atomic E-state index is 0.158. The quantitative estimate of drug-likeness (QED) is 0.406. The number of hydrogen-bond acceptors (Lipinski definition) is 4. The van der Waals surface area contributed by atoms with Gasteiger partial charge in [0.2, 0.25) is 0 Å². The van der Waals surface area contributed by atoms with Gasteiger partial charge in [-0.05, 0) is 97.8 Å². The summed E-state index contributed by atoms with van der Waals surface area (Å²) < 4.78 is 7.97. The van der Waals surface area contributed by atoms with Crippen molar-refractivity contribution in [3.8, 4) is 17.2 Å². The second-order valence-electron chi connectivity index (χ2n) is 8.43. The van der Waals surface area contributed by atoms with Gasteiger partial charge in [0.25, 0.3) is 5.91 Å². The van der Waals surface area contributed by atoms with Gasteiger partial charge in [0, 0.05) is 48.1 Å². The Hall–Kier alpha value is -4.03. The molecule has 0 bridgehead atoms. The van der Waals surface area contributed by atoms with Crippen LogP contribution in [-0.4, -0.2) is 34.8 Å². The summed E-state index contributed by atoms with van der Waals surface area (Å²) in [4.78, 5) is 14.9. The van der Waals surface area contributed by atoms with Gasteiger partial charge in [-0.15, -0.1) is 0 Å². The topological polar surface area (TPSA) is 66.7 Å². The van der Waals surface area contributed by atoms with Crippen molar-refractivity contribution in [1.29, 1.82) is 0 Å². The van der Waals surface area contributed by atoms with E-state index in [1.54, 1.807) is 0 Å². The van der Waals surface area contributed by atoms with Crippen LogP contribution in [0.2, 0.25) is 0 Å². The summed E-state index contributed by atoms with van der Waals surface area (Å²) in [7, 11) is 0. The summed E-state index contributed by atoms with van der Waals surface area (Å²) in [5, 5.41) is 12.6. The standard InChI is InChI=1S/C28H27N3O3/c32-25-15-19-31(20-16-25)23-7-3-21(4-8-23)28(33)29-22-5-11-26(12-6-22)34-27-13-9-24(10-14-27)30-17-1-2-18-30/h1-14,17-18,25,32H,15-16,19-20H2,(H,29,33). The predicted molar refractivity (Wildman–Crippen MR) is 134 cm³/mol. The van der Waals surface area contributed by atoms with E-state index in [2.05, 4.69) is 10.2 Å². The molecule has 1 aliphatic rings. The van der Waals surface area contributed by atoms with Crippen LogP contribution < -0.4 is 15.0 Å². The Labute approximate surface area is 199 Å². The minimum Gasteiger partial charge on any atom is -0.457 e. The van der Waals surface area contributed by atoms with Crippen LogP contribution in [0.15, 0.2) is 97.3 Å². The molecule has 34 heavy (non-hydrogen) atoms. The van der Waals surface area contributed by atoms with Gasteiger partial charge in [-0.2, -0.15) is 0 Å². The van der Waals surface area contributed by atoms with Crippen LogP contribution in [0.1, 0.15) is 23.2 Å². The Morgan fingerprint density at radius 1 is 0.794 bits per heavy atom. The van der Waals surface area contributed by atoms with Crippen LogP contribution in [0.25, 0.3) is 5.69 Å². The van der Waals surface area contributed by atoms with E-state index >= 15 is 0 Å². The minimum atomic E-state index is -0.200. The second-order valence-corrected chi connectivity index (χ2v) is 8.43. The van der Waals surface area contributed by atoms with E-state index in [4.69, 9.17) is 4.74 Å². The third kappa shape index (κ3) is 5.13. The van der Waals surface area contributed by atoms with Crippen molar-refractivity contribution in [2.75, 3.05) is 23.3 Å². The summed E-state index contributed by atoms with van der Waals surface area (Å²) in [6.45, 7) is 1.66. The fourth-order valence-electron chi connectivity index (χ4n) is 4.09. The molecule has 1 fully saturated rings. The first-order valence-corrected chi connectivity index (χ1v) is 11.5. The molecule has 6 nitrogen and oxygen atoms in total. The fraction of sp³-hybridized carbons (Fsp3) is 0.179. The number of piperidine rings is 1. The van der Waals surface area contributed by atoms with Crippen molar-refractivity contribution >= 4 is 17.3 Å². The monoisotopic (exact) mass is 453 g/mol. The summed E-state index contributed by atoms with van der Waals surface area (Å²) in [5.74, 6) is 1.29. The lowest BCUT2D eigenvalue weighted by Crippen LogP contribution is -2.35. The fourth-order valence-corrected chi connectivity index (χ4v) is 4.09. The maximum absolute atomic E-state index is 12.7. The Morgan fingerprint density at radius 2 is 1.35 bits per heavy atom. The van der Waals surface area contributed by atoms with E-state index in [1.165, 1.54) is 0 Å². The Balaban J connectivity index is 1.16. The van der Waals surface area contributed by atoms with E-state index in [0.717, 1.165) is 43.1 Å². The van der Waals surface area contributed by atoms with Gasteiger partial charge in [0.15, 0.2) is 0 Å². The molecule has 6 heteroatoms. The largest absolute Gasteiger partial charge is 0.457 e. The number of hydrogen-bond donors (Lipinski definition) is 2. The normalized spacial score (nSPS) is 14.1. The zero-order valence-electron chi connectivity index (χ0n) is 18.8. The molecule has 2 N–H and O–H groups in total. The molecule has 5 rings (SSSR count). The zero-order valence-corrected chi connectivity index (χ0v) is 18.8. The summed E-state index contributed by atoms with van der Waals surface area (Å²) in [6, 6.07) is 26.8. The number of aromatic nitrogens is 1. The van der Waals surface area contributed by atoms with Crippen LogP contribution in [0, 0.1) is 0 Å². The highest BCUT2D eigenvalue weighted by Gasteiger charge is 2.17. The second kappa shape index (κ2) is 9.85. The highest BCUT2D eigenvalue weighted by molar-refractivity contribution is 6.04. The zero-order chi connectivity index (χ0) is 23.3. The van der Waals surface area contributed by atoms with Crippen molar-refractivity contribution in [2.45, 2.75) is 18.9 Å². The Kier molecular flexibility index (Phi) is 6.31. The highest BCUT2D eigenvalue weighted by atomic mass is 16.5. The third-order valence-corrected chi connectivity index (χ3v) is 6.05. The van der Waals surface area contributed by atoms with Gasteiger partial charge in [0.05, 0.1) is 6.10 Å². The predicted octanol–water partition coefficient (Wildman–Crippen LogP) is 5.48. The lowest BCUT2D eigenvalue weighted by atomic mass is 10.1. The van der Waals surface area contributed by atoms with Crippen LogP contribution >= 0.6 is 0 Å². The van der Waals surface area contributed by atoms with Crippen LogP contribution in [0.3, 0.4) is 0 Å². The molecule has 0 radical (unpaired) electrons. The molecule has 0 aliphatic carbocycles. The third-order valence-electron chi connectivity index (χ3n) is 6.05. The van der Waals surface area contributed by atoms with E-state index < -0.39 is 0 Å². The van der Waals surface area contributed by atoms with Gasteiger partial charge in [-0.1, -0.05) is 0 Å². The van der Waals surface area contributed by atoms with Gasteiger partial charge >= 0.3 is 0 Å². The van der Waals surface area contributed by atoms with Gasteiger partial charge in [0.1, 0.15) is 11.5 Å². The van der Waals surface area contributed by atoms with Crippen molar-refractivity contribution in [3.63, 3.8) is 0 Å². The number of anilines is 2. The number of carbonyl (C=O) groups is 1. The number of nitrogens with zero attached hydrogens (tertiary/aromatic N) is 2. The SMILES string of the molecule is O=C(Nc1ccc(Oc2ccc(-n3cccc3)cc2)cc1)c1ccc(N2CCC(O)CC2)cc1. The summed E-state index contributed by atoms with van der Waals surface area (Å²) >= 11 is 0. The molecule has 0 spiro atoms. The molecular formula is C28H27N3O3. The molecule has 4 aromatic rings. The number of rotatable bonds is 6. The Morgan fingerprint density at radius 3 is 1.97 bits per heavy atom. The maximum atomic E-state index is 12.7. The number of aliphatic hydroxyl groups is 1. The van der Waals surface area contributed by atoms with Gasteiger partial charge in [-0.25, -0.2) is 0 Å². The smallest absolute Gasteiger partial charge is 0.255 e.